The average molecular weight is 345 g/mol. The van der Waals surface area contributed by atoms with Gasteiger partial charge in [-0.05, 0) is 12.8 Å². The lowest BCUT2D eigenvalue weighted by molar-refractivity contribution is -0.134. The summed E-state index contributed by atoms with van der Waals surface area (Å²) in [6.07, 6.45) is 1.75. The van der Waals surface area contributed by atoms with Crippen LogP contribution in [0.3, 0.4) is 0 Å². The van der Waals surface area contributed by atoms with Crippen LogP contribution >= 0.6 is 15.4 Å². The Bertz CT molecular complexity index is 423. The van der Waals surface area contributed by atoms with Crippen LogP contribution in [-0.2, 0) is 18.2 Å². The number of hydrogen-bond donors (Lipinski definition) is 3. The van der Waals surface area contributed by atoms with Crippen LogP contribution in [0.5, 0.6) is 0 Å². The SMILES string of the molecule is CCCCN(CCP(=O)(O)OP(=O)(O)O)C(=O)C(C)CC. The molecule has 3 N–H and O–H groups in total. The number of rotatable bonds is 10. The smallest absolute Gasteiger partial charge is 0.342 e. The minimum Gasteiger partial charge on any atom is -0.342 e. The van der Waals surface area contributed by atoms with Crippen LogP contribution in [0.2, 0.25) is 0 Å². The van der Waals surface area contributed by atoms with Gasteiger partial charge in [0.25, 0.3) is 0 Å². The molecule has 0 fully saturated rings. The molecule has 0 aliphatic heterocycles. The Morgan fingerprint density at radius 1 is 1.19 bits per heavy atom. The Hall–Kier alpha value is -0.230. The van der Waals surface area contributed by atoms with Crippen LogP contribution in [0.1, 0.15) is 40.0 Å². The van der Waals surface area contributed by atoms with Crippen molar-refractivity contribution < 1.29 is 32.9 Å². The molecule has 0 aromatic rings. The summed E-state index contributed by atoms with van der Waals surface area (Å²) in [5.74, 6) is -0.343. The maximum atomic E-state index is 12.1. The zero-order valence-corrected chi connectivity index (χ0v) is 14.4. The molecule has 0 saturated heterocycles. The summed E-state index contributed by atoms with van der Waals surface area (Å²) in [7, 11) is -9.47. The molecule has 0 aliphatic rings. The van der Waals surface area contributed by atoms with Crippen LogP contribution in [-0.4, -0.2) is 44.7 Å². The van der Waals surface area contributed by atoms with Crippen LogP contribution in [0.15, 0.2) is 0 Å². The largest absolute Gasteiger partial charge is 0.476 e. The van der Waals surface area contributed by atoms with Gasteiger partial charge in [0.2, 0.25) is 5.91 Å². The predicted molar refractivity (Wildman–Crippen MR) is 78.8 cm³/mol. The number of phosphoric acid groups is 1. The summed E-state index contributed by atoms with van der Waals surface area (Å²) in [5, 5.41) is 0. The predicted octanol–water partition coefficient (Wildman–Crippen LogP) is 1.96. The van der Waals surface area contributed by atoms with E-state index < -0.39 is 21.6 Å². The molecular weight excluding hydrogens is 320 g/mol. The molecule has 0 rings (SSSR count). The molecule has 8 nitrogen and oxygen atoms in total. The van der Waals surface area contributed by atoms with E-state index in [4.69, 9.17) is 9.79 Å². The lowest BCUT2D eigenvalue weighted by Gasteiger charge is -2.26. The second-order valence-corrected chi connectivity index (χ2v) is 8.28. The van der Waals surface area contributed by atoms with E-state index >= 15 is 0 Å². The van der Waals surface area contributed by atoms with Gasteiger partial charge in [0.1, 0.15) is 0 Å². The first kappa shape index (κ1) is 20.8. The third-order valence-corrected chi connectivity index (χ3v) is 5.65. The first-order chi connectivity index (χ1) is 9.52. The molecule has 0 spiro atoms. The van der Waals surface area contributed by atoms with Crippen molar-refractivity contribution in [2.24, 2.45) is 5.92 Å². The first-order valence-electron chi connectivity index (χ1n) is 6.90. The molecule has 10 heteroatoms. The van der Waals surface area contributed by atoms with E-state index in [1.807, 2.05) is 13.8 Å². The molecule has 0 saturated carbocycles. The molecule has 21 heavy (non-hydrogen) atoms. The first-order valence-corrected chi connectivity index (χ1v) is 10.2. The molecule has 1 amide bonds. The topological polar surface area (TPSA) is 124 Å². The summed E-state index contributed by atoms with van der Waals surface area (Å²) in [4.78, 5) is 40.1. The normalized spacial score (nSPS) is 16.3. The van der Waals surface area contributed by atoms with Crippen molar-refractivity contribution in [1.29, 1.82) is 0 Å². The van der Waals surface area contributed by atoms with Gasteiger partial charge in [-0.1, -0.05) is 27.2 Å². The van der Waals surface area contributed by atoms with Crippen molar-refractivity contribution in [2.75, 3.05) is 19.3 Å². The second kappa shape index (κ2) is 9.03. The Balaban J connectivity index is 4.71. The van der Waals surface area contributed by atoms with Crippen molar-refractivity contribution in [3.05, 3.63) is 0 Å². The Labute approximate surface area is 125 Å². The highest BCUT2D eigenvalue weighted by molar-refractivity contribution is 7.63. The van der Waals surface area contributed by atoms with Crippen LogP contribution in [0.4, 0.5) is 0 Å². The standard InChI is InChI=1S/C11H25NO7P2/c1-4-6-7-12(11(13)10(3)5-2)8-9-20(14,15)19-21(16,17)18/h10H,4-9H2,1-3H3,(H,14,15)(H2,16,17,18). The van der Waals surface area contributed by atoms with Gasteiger partial charge < -0.3 is 19.6 Å². The molecule has 126 valence electrons. The van der Waals surface area contributed by atoms with Gasteiger partial charge >= 0.3 is 15.4 Å². The average Bonchev–Trinajstić information content (AvgIpc) is 2.34. The highest BCUT2D eigenvalue weighted by Gasteiger charge is 2.31. The van der Waals surface area contributed by atoms with Crippen LogP contribution in [0.25, 0.3) is 0 Å². The summed E-state index contributed by atoms with van der Waals surface area (Å²) in [5.41, 5.74) is 0. The molecule has 0 radical (unpaired) electrons. The highest BCUT2D eigenvalue weighted by atomic mass is 31.3. The fourth-order valence-electron chi connectivity index (χ4n) is 1.62. The van der Waals surface area contributed by atoms with E-state index in [1.54, 1.807) is 6.92 Å². The number of nitrogens with zero attached hydrogens (tertiary/aromatic N) is 1. The van der Waals surface area contributed by atoms with Crippen molar-refractivity contribution in [3.63, 3.8) is 0 Å². The van der Waals surface area contributed by atoms with Gasteiger partial charge in [0.15, 0.2) is 0 Å². The maximum Gasteiger partial charge on any atom is 0.476 e. The summed E-state index contributed by atoms with van der Waals surface area (Å²) < 4.78 is 26.1. The molecule has 0 aromatic carbocycles. The second-order valence-electron chi connectivity index (χ2n) is 4.92. The molecule has 0 heterocycles. The Morgan fingerprint density at radius 2 is 1.76 bits per heavy atom. The fourth-order valence-corrected chi connectivity index (χ4v) is 3.77. The van der Waals surface area contributed by atoms with Gasteiger partial charge in [0.05, 0.1) is 6.16 Å². The zero-order valence-electron chi connectivity index (χ0n) is 12.6. The van der Waals surface area contributed by atoms with Crippen molar-refractivity contribution in [2.45, 2.75) is 40.0 Å². The number of amides is 1. The number of unbranched alkanes of at least 4 members (excludes halogenated alkanes) is 1. The van der Waals surface area contributed by atoms with Crippen molar-refractivity contribution >= 4 is 21.3 Å². The van der Waals surface area contributed by atoms with Crippen molar-refractivity contribution in [3.8, 4) is 0 Å². The lowest BCUT2D eigenvalue weighted by Crippen LogP contribution is -2.37. The summed E-state index contributed by atoms with van der Waals surface area (Å²) in [6, 6.07) is 0. The molecule has 0 aromatic heterocycles. The molecule has 2 unspecified atom stereocenters. The van der Waals surface area contributed by atoms with E-state index in [0.29, 0.717) is 13.0 Å². The third kappa shape index (κ3) is 9.40. The molecule has 0 bridgehead atoms. The summed E-state index contributed by atoms with van der Waals surface area (Å²) in [6.45, 7) is 5.96. The van der Waals surface area contributed by atoms with E-state index in [-0.39, 0.29) is 18.4 Å². The lowest BCUT2D eigenvalue weighted by atomic mass is 10.1. The van der Waals surface area contributed by atoms with Gasteiger partial charge in [0, 0.05) is 19.0 Å². The van der Waals surface area contributed by atoms with E-state index in [1.165, 1.54) is 4.90 Å². The van der Waals surface area contributed by atoms with Gasteiger partial charge in [-0.2, -0.15) is 0 Å². The Morgan fingerprint density at radius 3 is 2.19 bits per heavy atom. The number of carbonyl (C=O) groups excluding carboxylic acids is 1. The van der Waals surface area contributed by atoms with Crippen LogP contribution < -0.4 is 0 Å². The van der Waals surface area contributed by atoms with Gasteiger partial charge in [-0.15, -0.1) is 0 Å². The third-order valence-electron chi connectivity index (χ3n) is 3.01. The van der Waals surface area contributed by atoms with Gasteiger partial charge in [-0.25, -0.2) is 8.88 Å². The van der Waals surface area contributed by atoms with Crippen LogP contribution in [0, 0.1) is 5.92 Å². The van der Waals surface area contributed by atoms with Crippen molar-refractivity contribution in [1.82, 2.24) is 4.90 Å². The summed E-state index contributed by atoms with van der Waals surface area (Å²) >= 11 is 0. The quantitative estimate of drug-likeness (QED) is 0.517. The minimum absolute atomic E-state index is 0.0725. The molecule has 0 aliphatic carbocycles. The highest BCUT2D eigenvalue weighted by Crippen LogP contribution is 2.56. The van der Waals surface area contributed by atoms with E-state index in [2.05, 4.69) is 4.31 Å². The van der Waals surface area contributed by atoms with E-state index in [0.717, 1.165) is 12.8 Å². The Kier molecular flexibility index (Phi) is 8.93. The number of carbonyl (C=O) groups is 1. The van der Waals surface area contributed by atoms with E-state index in [9.17, 15) is 18.8 Å². The monoisotopic (exact) mass is 345 g/mol. The zero-order chi connectivity index (χ0) is 16.7. The molecular formula is C11H25NO7P2. The minimum atomic E-state index is -5.03. The number of hydrogen-bond acceptors (Lipinski definition) is 4. The fraction of sp³-hybridized carbons (Fsp3) is 0.909. The van der Waals surface area contributed by atoms with Gasteiger partial charge in [-0.3, -0.25) is 9.36 Å². The molecule has 2 atom stereocenters. The maximum absolute atomic E-state index is 12.1.